The van der Waals surface area contributed by atoms with Crippen molar-refractivity contribution in [3.8, 4) is 0 Å². The molecule has 0 unspecified atom stereocenters. The van der Waals surface area contributed by atoms with Crippen LogP contribution < -0.4 is 10.6 Å². The molecule has 0 spiro atoms. The molecule has 0 aliphatic carbocycles. The van der Waals surface area contributed by atoms with Gasteiger partial charge in [0.2, 0.25) is 0 Å². The largest absolute Gasteiger partial charge is 0.399 e. The second-order valence-electron chi connectivity index (χ2n) is 5.21. The minimum absolute atomic E-state index is 0.405. The topological polar surface area (TPSA) is 55.0 Å². The number of hydrogen-bond acceptors (Lipinski definition) is 4. The zero-order valence-electron chi connectivity index (χ0n) is 12.4. The van der Waals surface area contributed by atoms with E-state index in [1.54, 1.807) is 6.33 Å². The molecule has 0 radical (unpaired) electrons. The summed E-state index contributed by atoms with van der Waals surface area (Å²) >= 11 is 0. The zero-order valence-corrected chi connectivity index (χ0v) is 12.4. The number of aromatic nitrogens is 2. The normalized spacial score (nSPS) is 10.8. The van der Waals surface area contributed by atoms with E-state index in [9.17, 15) is 0 Å². The van der Waals surface area contributed by atoms with Crippen molar-refractivity contribution in [3.63, 3.8) is 0 Å². The van der Waals surface area contributed by atoms with Gasteiger partial charge in [-0.2, -0.15) is 0 Å². The van der Waals surface area contributed by atoms with E-state index in [-0.39, 0.29) is 0 Å². The van der Waals surface area contributed by atoms with E-state index >= 15 is 0 Å². The van der Waals surface area contributed by atoms with Crippen LogP contribution in [0.1, 0.15) is 37.9 Å². The second kappa shape index (κ2) is 6.37. The Labute approximate surface area is 120 Å². The summed E-state index contributed by atoms with van der Waals surface area (Å²) in [5, 5.41) is 0. The highest BCUT2D eigenvalue weighted by atomic mass is 15.2. The summed E-state index contributed by atoms with van der Waals surface area (Å²) in [6, 6.07) is 10.1. The number of rotatable bonds is 5. The fourth-order valence-corrected chi connectivity index (χ4v) is 2.12. The first-order valence-electron chi connectivity index (χ1n) is 7.01. The molecule has 106 valence electrons. The van der Waals surface area contributed by atoms with Gasteiger partial charge in [-0.3, -0.25) is 0 Å². The molecule has 0 amide bonds. The lowest BCUT2D eigenvalue weighted by molar-refractivity contribution is 0.780. The zero-order chi connectivity index (χ0) is 14.5. The second-order valence-corrected chi connectivity index (χ2v) is 5.21. The molecule has 4 heteroatoms. The van der Waals surface area contributed by atoms with Crippen LogP contribution in [0.4, 0.5) is 11.5 Å². The van der Waals surface area contributed by atoms with E-state index in [1.807, 2.05) is 18.2 Å². The highest BCUT2D eigenvalue weighted by Gasteiger charge is 2.10. The van der Waals surface area contributed by atoms with Crippen molar-refractivity contribution in [3.05, 3.63) is 47.9 Å². The molecule has 1 aromatic heterocycles. The molecule has 0 atom stereocenters. The van der Waals surface area contributed by atoms with E-state index in [4.69, 9.17) is 5.73 Å². The van der Waals surface area contributed by atoms with Gasteiger partial charge in [-0.25, -0.2) is 9.97 Å². The summed E-state index contributed by atoms with van der Waals surface area (Å²) in [5.41, 5.74) is 8.89. The summed E-state index contributed by atoms with van der Waals surface area (Å²) in [6.45, 7) is 8.10. The van der Waals surface area contributed by atoms with Crippen LogP contribution >= 0.6 is 0 Å². The molecule has 4 nitrogen and oxygen atoms in total. The molecule has 2 rings (SSSR count). The van der Waals surface area contributed by atoms with Gasteiger partial charge in [0, 0.05) is 30.5 Å². The number of hydrogen-bond donors (Lipinski definition) is 1. The van der Waals surface area contributed by atoms with E-state index in [1.165, 1.54) is 5.56 Å². The van der Waals surface area contributed by atoms with E-state index in [0.29, 0.717) is 5.92 Å². The third kappa shape index (κ3) is 3.47. The van der Waals surface area contributed by atoms with Gasteiger partial charge in [-0.15, -0.1) is 0 Å². The van der Waals surface area contributed by atoms with Crippen molar-refractivity contribution in [1.82, 2.24) is 9.97 Å². The van der Waals surface area contributed by atoms with E-state index in [0.717, 1.165) is 30.3 Å². The molecule has 2 aromatic rings. The molecule has 0 saturated heterocycles. The van der Waals surface area contributed by atoms with Crippen molar-refractivity contribution in [2.45, 2.75) is 33.2 Å². The standard InChI is InChI=1S/C16H22N4/c1-4-20(10-13-6-5-7-14(17)8-13)16-9-15(12(2)3)18-11-19-16/h5-9,11-12H,4,10,17H2,1-3H3. The first-order chi connectivity index (χ1) is 9.60. The monoisotopic (exact) mass is 270 g/mol. The Kier molecular flexibility index (Phi) is 4.56. The summed E-state index contributed by atoms with van der Waals surface area (Å²) < 4.78 is 0. The molecule has 20 heavy (non-hydrogen) atoms. The molecular formula is C16H22N4. The predicted octanol–water partition coefficient (Wildman–Crippen LogP) is 3.21. The lowest BCUT2D eigenvalue weighted by atomic mass is 10.1. The van der Waals surface area contributed by atoms with Crippen LogP contribution in [0.2, 0.25) is 0 Å². The molecular weight excluding hydrogens is 248 g/mol. The molecule has 1 heterocycles. The van der Waals surface area contributed by atoms with Crippen molar-refractivity contribution in [2.75, 3.05) is 17.2 Å². The van der Waals surface area contributed by atoms with Crippen molar-refractivity contribution in [1.29, 1.82) is 0 Å². The van der Waals surface area contributed by atoms with Gasteiger partial charge in [0.1, 0.15) is 12.1 Å². The Bertz CT molecular complexity index is 566. The number of nitrogens with zero attached hydrogens (tertiary/aromatic N) is 3. The van der Waals surface area contributed by atoms with Crippen molar-refractivity contribution in [2.24, 2.45) is 0 Å². The molecule has 0 saturated carbocycles. The maximum atomic E-state index is 5.83. The predicted molar refractivity (Wildman–Crippen MR) is 83.7 cm³/mol. The quantitative estimate of drug-likeness (QED) is 0.848. The highest BCUT2D eigenvalue weighted by Crippen LogP contribution is 2.19. The van der Waals surface area contributed by atoms with Gasteiger partial charge >= 0.3 is 0 Å². The number of nitrogen functional groups attached to an aromatic ring is 1. The molecule has 0 fully saturated rings. The van der Waals surface area contributed by atoms with E-state index in [2.05, 4.69) is 47.8 Å². The molecule has 0 aliphatic rings. The minimum atomic E-state index is 0.405. The average molecular weight is 270 g/mol. The fourth-order valence-electron chi connectivity index (χ4n) is 2.12. The summed E-state index contributed by atoms with van der Waals surface area (Å²) in [5.74, 6) is 1.37. The van der Waals surface area contributed by atoms with Crippen LogP contribution in [0.5, 0.6) is 0 Å². The van der Waals surface area contributed by atoms with Crippen LogP contribution in [-0.4, -0.2) is 16.5 Å². The highest BCUT2D eigenvalue weighted by molar-refractivity contribution is 5.44. The fraction of sp³-hybridized carbons (Fsp3) is 0.375. The molecule has 1 aromatic carbocycles. The molecule has 0 bridgehead atoms. The Hall–Kier alpha value is -2.10. The Morgan fingerprint density at radius 3 is 2.65 bits per heavy atom. The first kappa shape index (κ1) is 14.3. The summed E-state index contributed by atoms with van der Waals surface area (Å²) in [7, 11) is 0. The Balaban J connectivity index is 2.22. The smallest absolute Gasteiger partial charge is 0.132 e. The van der Waals surface area contributed by atoms with Crippen molar-refractivity contribution < 1.29 is 0 Å². The third-order valence-electron chi connectivity index (χ3n) is 3.30. The van der Waals surface area contributed by atoms with Crippen LogP contribution in [-0.2, 0) is 6.54 Å². The third-order valence-corrected chi connectivity index (χ3v) is 3.30. The van der Waals surface area contributed by atoms with Crippen LogP contribution in [0.25, 0.3) is 0 Å². The lowest BCUT2D eigenvalue weighted by Crippen LogP contribution is -2.23. The van der Waals surface area contributed by atoms with Gasteiger partial charge in [0.25, 0.3) is 0 Å². The van der Waals surface area contributed by atoms with E-state index < -0.39 is 0 Å². The Morgan fingerprint density at radius 2 is 2.00 bits per heavy atom. The van der Waals surface area contributed by atoms with Gasteiger partial charge in [-0.05, 0) is 30.5 Å². The van der Waals surface area contributed by atoms with Gasteiger partial charge in [0.05, 0.1) is 0 Å². The van der Waals surface area contributed by atoms with Crippen LogP contribution in [0.3, 0.4) is 0 Å². The van der Waals surface area contributed by atoms with Crippen molar-refractivity contribution >= 4 is 11.5 Å². The number of nitrogens with two attached hydrogens (primary N) is 1. The molecule has 0 aliphatic heterocycles. The maximum absolute atomic E-state index is 5.83. The van der Waals surface area contributed by atoms with Crippen LogP contribution in [0.15, 0.2) is 36.7 Å². The SMILES string of the molecule is CCN(Cc1cccc(N)c1)c1cc(C(C)C)ncn1. The average Bonchev–Trinajstić information content (AvgIpc) is 2.45. The summed E-state index contributed by atoms with van der Waals surface area (Å²) in [6.07, 6.45) is 1.65. The van der Waals surface area contributed by atoms with Gasteiger partial charge < -0.3 is 10.6 Å². The lowest BCUT2D eigenvalue weighted by Gasteiger charge is -2.22. The summed E-state index contributed by atoms with van der Waals surface area (Å²) in [4.78, 5) is 10.9. The minimum Gasteiger partial charge on any atom is -0.399 e. The van der Waals surface area contributed by atoms with Gasteiger partial charge in [-0.1, -0.05) is 26.0 Å². The first-order valence-corrected chi connectivity index (χ1v) is 7.01. The number of benzene rings is 1. The Morgan fingerprint density at radius 1 is 1.20 bits per heavy atom. The van der Waals surface area contributed by atoms with Crippen LogP contribution in [0, 0.1) is 0 Å². The number of anilines is 2. The van der Waals surface area contributed by atoms with Gasteiger partial charge in [0.15, 0.2) is 0 Å². The maximum Gasteiger partial charge on any atom is 0.132 e. The molecule has 2 N–H and O–H groups in total.